The minimum atomic E-state index is -1.11. The van der Waals surface area contributed by atoms with Gasteiger partial charge in [-0.2, -0.15) is 0 Å². The maximum absolute atomic E-state index is 12.8. The molecule has 0 bridgehead atoms. The summed E-state index contributed by atoms with van der Waals surface area (Å²) in [6.45, 7) is 20.8. The summed E-state index contributed by atoms with van der Waals surface area (Å²) in [4.78, 5) is 30.3. The highest BCUT2D eigenvalue weighted by molar-refractivity contribution is 5.88. The molecule has 0 saturated carbocycles. The molecule has 4 heterocycles. The van der Waals surface area contributed by atoms with E-state index in [1.165, 1.54) is 11.1 Å². The van der Waals surface area contributed by atoms with Gasteiger partial charge in [-0.3, -0.25) is 9.88 Å². The van der Waals surface area contributed by atoms with E-state index in [4.69, 9.17) is 9.72 Å². The minimum absolute atomic E-state index is 0.259. The quantitative estimate of drug-likeness (QED) is 0.332. The number of aromatic nitrogens is 3. The number of imidazole rings is 1. The number of rotatable bonds is 7. The lowest BCUT2D eigenvalue weighted by atomic mass is 9.81. The molecular weight excluding hydrogens is 526 g/mol. The second kappa shape index (κ2) is 11.5. The molecule has 226 valence electrons. The van der Waals surface area contributed by atoms with Gasteiger partial charge in [0.1, 0.15) is 5.82 Å². The lowest BCUT2D eigenvalue weighted by Gasteiger charge is -2.41. The van der Waals surface area contributed by atoms with E-state index in [0.29, 0.717) is 5.56 Å². The number of nitrogens with zero attached hydrogens (tertiary/aromatic N) is 4. The van der Waals surface area contributed by atoms with Crippen molar-refractivity contribution in [2.24, 2.45) is 5.41 Å². The zero-order valence-corrected chi connectivity index (χ0v) is 26.6. The number of carboxylic acid groups (broad SMARTS) is 1. The molecule has 5 rings (SSSR count). The molecule has 0 amide bonds. The third-order valence-electron chi connectivity index (χ3n) is 8.71. The van der Waals surface area contributed by atoms with Gasteiger partial charge in [0, 0.05) is 67.1 Å². The zero-order valence-electron chi connectivity index (χ0n) is 26.6. The largest absolute Gasteiger partial charge is 0.479 e. The number of pyridine rings is 1. The number of nitrogens with one attached hydrogen (secondary N) is 1. The van der Waals surface area contributed by atoms with Crippen molar-refractivity contribution in [3.05, 3.63) is 64.0 Å². The summed E-state index contributed by atoms with van der Waals surface area (Å²) in [5.74, 6) is -0.0409. The molecule has 42 heavy (non-hydrogen) atoms. The molecule has 1 unspecified atom stereocenters. The van der Waals surface area contributed by atoms with Crippen molar-refractivity contribution in [3.63, 3.8) is 0 Å². The predicted octanol–water partition coefficient (Wildman–Crippen LogP) is 6.52. The van der Waals surface area contributed by atoms with Crippen molar-refractivity contribution < 1.29 is 14.6 Å². The highest BCUT2D eigenvalue weighted by atomic mass is 16.5. The fraction of sp³-hybridized carbons (Fsp3) is 0.559. The number of anilines is 1. The summed E-state index contributed by atoms with van der Waals surface area (Å²) in [5, 5.41) is 10.5. The number of fused-ring (bicyclic) bond motifs is 1. The molecule has 2 aromatic heterocycles. The summed E-state index contributed by atoms with van der Waals surface area (Å²) in [6.07, 6.45) is 3.86. The van der Waals surface area contributed by atoms with Crippen LogP contribution in [0.4, 0.5) is 5.69 Å². The maximum atomic E-state index is 12.8. The monoisotopic (exact) mass is 573 g/mol. The van der Waals surface area contributed by atoms with Gasteiger partial charge in [-0.25, -0.2) is 9.78 Å². The number of benzene rings is 1. The number of aryl methyl sites for hydroxylation is 3. The molecule has 2 aliphatic heterocycles. The number of hydrogen-bond acceptors (Lipinski definition) is 6. The number of aromatic amines is 1. The zero-order chi connectivity index (χ0) is 30.4. The van der Waals surface area contributed by atoms with Crippen LogP contribution in [0.2, 0.25) is 0 Å². The summed E-state index contributed by atoms with van der Waals surface area (Å²) in [5.41, 5.74) is 8.85. The van der Waals surface area contributed by atoms with Crippen LogP contribution in [0.1, 0.15) is 93.2 Å². The van der Waals surface area contributed by atoms with Gasteiger partial charge in [-0.1, -0.05) is 32.0 Å². The number of hydrogen-bond donors (Lipinski definition) is 2. The number of aliphatic carboxylic acids is 1. The van der Waals surface area contributed by atoms with Crippen molar-refractivity contribution in [2.75, 3.05) is 24.5 Å². The Morgan fingerprint density at radius 2 is 1.81 bits per heavy atom. The molecule has 0 radical (unpaired) electrons. The SMILES string of the molecule is Cc1ncc(CN2CCc3cc(-c4c(C)nc(C)c(C(OC(C)(C)C)C(=O)O)c4N4CCC(C)(C)CC4)ccc3C2)[nH]1. The molecule has 8 nitrogen and oxygen atoms in total. The highest BCUT2D eigenvalue weighted by Crippen LogP contribution is 2.45. The molecule has 1 aromatic carbocycles. The summed E-state index contributed by atoms with van der Waals surface area (Å²) in [6, 6.07) is 6.76. The van der Waals surface area contributed by atoms with Gasteiger partial charge in [-0.15, -0.1) is 0 Å². The molecule has 1 saturated heterocycles. The van der Waals surface area contributed by atoms with Crippen molar-refractivity contribution in [3.8, 4) is 11.1 Å². The second-order valence-corrected chi connectivity index (χ2v) is 14.0. The van der Waals surface area contributed by atoms with E-state index < -0.39 is 17.7 Å². The standard InChI is InChI=1S/C34H47N5O3/c1-21-28(25-9-10-26-19-38(14-11-24(26)17-25)20-27-18-35-23(3)37-27)30(39-15-12-34(7,8)13-16-39)29(22(2)36-21)31(32(40)41)42-33(4,5)6/h9-10,17-18,31H,11-16,19-20H2,1-8H3,(H,35,37)(H,40,41). The fourth-order valence-electron chi connectivity index (χ4n) is 6.45. The average Bonchev–Trinajstić information content (AvgIpc) is 3.30. The molecule has 0 spiro atoms. The Bertz CT molecular complexity index is 1460. The Morgan fingerprint density at radius 3 is 2.43 bits per heavy atom. The number of piperidine rings is 1. The first-order valence-corrected chi connectivity index (χ1v) is 15.2. The lowest BCUT2D eigenvalue weighted by Crippen LogP contribution is -2.39. The summed E-state index contributed by atoms with van der Waals surface area (Å²) < 4.78 is 6.24. The minimum Gasteiger partial charge on any atom is -0.479 e. The van der Waals surface area contributed by atoms with Crippen molar-refractivity contribution >= 4 is 11.7 Å². The Labute approximate surface area is 250 Å². The molecule has 3 aromatic rings. The van der Waals surface area contributed by atoms with Crippen LogP contribution in [-0.2, 0) is 29.0 Å². The number of ether oxygens (including phenoxy) is 1. The predicted molar refractivity (Wildman–Crippen MR) is 167 cm³/mol. The van der Waals surface area contributed by atoms with Crippen LogP contribution in [0.5, 0.6) is 0 Å². The Balaban J connectivity index is 1.58. The average molecular weight is 574 g/mol. The van der Waals surface area contributed by atoms with Crippen LogP contribution in [0.3, 0.4) is 0 Å². The third-order valence-corrected chi connectivity index (χ3v) is 8.71. The molecular formula is C34H47N5O3. The van der Waals surface area contributed by atoms with Crippen molar-refractivity contribution in [1.29, 1.82) is 0 Å². The van der Waals surface area contributed by atoms with Gasteiger partial charge in [0.2, 0.25) is 0 Å². The molecule has 2 N–H and O–H groups in total. The Kier molecular flexibility index (Phi) is 8.25. The summed E-state index contributed by atoms with van der Waals surface area (Å²) >= 11 is 0. The smallest absolute Gasteiger partial charge is 0.337 e. The van der Waals surface area contributed by atoms with Gasteiger partial charge < -0.3 is 19.7 Å². The highest BCUT2D eigenvalue weighted by Gasteiger charge is 2.36. The van der Waals surface area contributed by atoms with Gasteiger partial charge in [0.15, 0.2) is 6.10 Å². The van der Waals surface area contributed by atoms with Gasteiger partial charge in [-0.05, 0) is 82.9 Å². The van der Waals surface area contributed by atoms with Crippen LogP contribution in [0.25, 0.3) is 11.1 Å². The van der Waals surface area contributed by atoms with E-state index in [0.717, 1.165) is 91.7 Å². The summed E-state index contributed by atoms with van der Waals surface area (Å²) in [7, 11) is 0. The molecule has 1 fully saturated rings. The molecule has 8 heteroatoms. The van der Waals surface area contributed by atoms with E-state index >= 15 is 0 Å². The van der Waals surface area contributed by atoms with Crippen LogP contribution < -0.4 is 4.90 Å². The number of carboxylic acids is 1. The van der Waals surface area contributed by atoms with E-state index in [9.17, 15) is 9.90 Å². The van der Waals surface area contributed by atoms with Crippen LogP contribution in [0, 0.1) is 26.2 Å². The van der Waals surface area contributed by atoms with Crippen LogP contribution in [0.15, 0.2) is 24.4 Å². The van der Waals surface area contributed by atoms with Crippen molar-refractivity contribution in [1.82, 2.24) is 19.9 Å². The number of H-pyrrole nitrogens is 1. The Hall–Kier alpha value is -3.23. The van der Waals surface area contributed by atoms with Crippen LogP contribution >= 0.6 is 0 Å². The molecule has 2 aliphatic rings. The maximum Gasteiger partial charge on any atom is 0.337 e. The van der Waals surface area contributed by atoms with Crippen LogP contribution in [-0.4, -0.2) is 56.2 Å². The van der Waals surface area contributed by atoms with E-state index in [2.05, 4.69) is 58.7 Å². The fourth-order valence-corrected chi connectivity index (χ4v) is 6.45. The topological polar surface area (TPSA) is 94.6 Å². The first kappa shape index (κ1) is 30.2. The van der Waals surface area contributed by atoms with Gasteiger partial charge in [0.25, 0.3) is 0 Å². The number of carbonyl (C=O) groups is 1. The lowest BCUT2D eigenvalue weighted by molar-refractivity contribution is -0.160. The van der Waals surface area contributed by atoms with Gasteiger partial charge in [0.05, 0.1) is 11.3 Å². The van der Waals surface area contributed by atoms with Crippen molar-refractivity contribution in [2.45, 2.75) is 99.4 Å². The third kappa shape index (κ3) is 6.55. The normalized spacial score (nSPS) is 18.1. The first-order chi connectivity index (χ1) is 19.7. The Morgan fingerprint density at radius 1 is 1.10 bits per heavy atom. The second-order valence-electron chi connectivity index (χ2n) is 14.0. The van der Waals surface area contributed by atoms with Gasteiger partial charge >= 0.3 is 5.97 Å². The van der Waals surface area contributed by atoms with E-state index in [-0.39, 0.29) is 5.41 Å². The molecule has 1 atom stereocenters. The molecule has 0 aliphatic carbocycles. The van der Waals surface area contributed by atoms with E-state index in [1.54, 1.807) is 0 Å². The van der Waals surface area contributed by atoms with E-state index in [1.807, 2.05) is 40.8 Å². The first-order valence-electron chi connectivity index (χ1n) is 15.2.